The van der Waals surface area contributed by atoms with Gasteiger partial charge in [0.2, 0.25) is 5.88 Å². The van der Waals surface area contributed by atoms with Crippen molar-refractivity contribution in [2.45, 2.75) is 19.9 Å². The Bertz CT molecular complexity index is 750. The largest absolute Gasteiger partial charge is 0.494 e. The average molecular weight is 282 g/mol. The molecule has 1 aromatic carbocycles. The van der Waals surface area contributed by atoms with Crippen molar-refractivity contribution >= 4 is 0 Å². The molecule has 0 fully saturated rings. The number of benzene rings is 1. The van der Waals surface area contributed by atoms with Crippen molar-refractivity contribution in [1.82, 2.24) is 9.55 Å². The Labute approximate surface area is 112 Å². The predicted molar refractivity (Wildman–Crippen MR) is 69.2 cm³/mol. The van der Waals surface area contributed by atoms with E-state index in [2.05, 4.69) is 0 Å². The number of aromatic hydroxyl groups is 1. The van der Waals surface area contributed by atoms with Gasteiger partial charge < -0.3 is 5.11 Å². The molecule has 2 N–H and O–H groups in total. The van der Waals surface area contributed by atoms with Gasteiger partial charge in [0.15, 0.2) is 0 Å². The molecule has 7 heteroatoms. The average Bonchev–Trinajstić information content (AvgIpc) is 2.36. The molecule has 2 rings (SSSR count). The molecule has 0 saturated heterocycles. The van der Waals surface area contributed by atoms with Gasteiger partial charge in [-0.1, -0.05) is 24.3 Å². The van der Waals surface area contributed by atoms with Gasteiger partial charge in [-0.2, -0.15) is 0 Å². The zero-order valence-electron chi connectivity index (χ0n) is 10.6. The minimum atomic E-state index is -2.82. The van der Waals surface area contributed by atoms with E-state index < -0.39 is 30.1 Å². The van der Waals surface area contributed by atoms with E-state index in [9.17, 15) is 23.5 Å². The summed E-state index contributed by atoms with van der Waals surface area (Å²) in [5.41, 5.74) is -1.01. The van der Waals surface area contributed by atoms with Crippen LogP contribution in [0.25, 0.3) is 11.1 Å². The Morgan fingerprint density at radius 1 is 1.30 bits per heavy atom. The molecular weight excluding hydrogens is 270 g/mol. The van der Waals surface area contributed by atoms with Crippen molar-refractivity contribution in [2.75, 3.05) is 0 Å². The summed E-state index contributed by atoms with van der Waals surface area (Å²) < 4.78 is 25.3. The monoisotopic (exact) mass is 282 g/mol. The van der Waals surface area contributed by atoms with Crippen LogP contribution in [-0.4, -0.2) is 21.1 Å². The molecule has 0 spiro atoms. The fourth-order valence-electron chi connectivity index (χ4n) is 1.96. The van der Waals surface area contributed by atoms with E-state index in [1.165, 1.54) is 0 Å². The lowest BCUT2D eigenvalue weighted by Crippen LogP contribution is -2.32. The van der Waals surface area contributed by atoms with Crippen molar-refractivity contribution in [3.8, 4) is 17.0 Å². The first-order chi connectivity index (χ1) is 9.41. The van der Waals surface area contributed by atoms with E-state index in [1.54, 1.807) is 31.2 Å². The highest BCUT2D eigenvalue weighted by atomic mass is 19.3. The molecule has 0 saturated carbocycles. The van der Waals surface area contributed by atoms with E-state index >= 15 is 0 Å². The van der Waals surface area contributed by atoms with Gasteiger partial charge in [-0.15, -0.1) is 0 Å². The van der Waals surface area contributed by atoms with Gasteiger partial charge in [-0.3, -0.25) is 14.3 Å². The second-order valence-electron chi connectivity index (χ2n) is 4.27. The van der Waals surface area contributed by atoms with Crippen LogP contribution in [0.2, 0.25) is 0 Å². The number of hydrogen-bond donors (Lipinski definition) is 2. The third kappa shape index (κ3) is 2.47. The Balaban J connectivity index is 2.75. The van der Waals surface area contributed by atoms with E-state index in [0.717, 1.165) is 0 Å². The standard InChI is InChI=1S/C13H12F2N2O3/c1-7-4-2-3-5-8(7)10-11(18)16-13(20)17(12(10)19)6-9(14)15/h2-5,9,19H,6H2,1H3,(H,16,18,20). The molecule has 1 aromatic heterocycles. The quantitative estimate of drug-likeness (QED) is 0.895. The molecular formula is C13H12F2N2O3. The number of aromatic nitrogens is 2. The third-order valence-electron chi connectivity index (χ3n) is 2.91. The first-order valence-corrected chi connectivity index (χ1v) is 5.82. The van der Waals surface area contributed by atoms with Crippen LogP contribution in [0.4, 0.5) is 8.78 Å². The molecule has 0 atom stereocenters. The van der Waals surface area contributed by atoms with E-state index in [4.69, 9.17) is 0 Å². The fourth-order valence-corrected chi connectivity index (χ4v) is 1.96. The Kier molecular flexibility index (Phi) is 3.69. The van der Waals surface area contributed by atoms with Crippen LogP contribution < -0.4 is 11.2 Å². The maximum absolute atomic E-state index is 12.4. The molecule has 0 bridgehead atoms. The Hall–Kier alpha value is -2.44. The van der Waals surface area contributed by atoms with Crippen molar-refractivity contribution < 1.29 is 13.9 Å². The summed E-state index contributed by atoms with van der Waals surface area (Å²) in [7, 11) is 0. The van der Waals surface area contributed by atoms with Gasteiger partial charge in [0.25, 0.3) is 12.0 Å². The highest BCUT2D eigenvalue weighted by Crippen LogP contribution is 2.26. The minimum Gasteiger partial charge on any atom is -0.494 e. The summed E-state index contributed by atoms with van der Waals surface area (Å²) in [5, 5.41) is 9.99. The molecule has 0 aliphatic carbocycles. The summed E-state index contributed by atoms with van der Waals surface area (Å²) in [6.07, 6.45) is -2.82. The number of nitrogens with one attached hydrogen (secondary N) is 1. The zero-order chi connectivity index (χ0) is 14.9. The highest BCUT2D eigenvalue weighted by Gasteiger charge is 2.19. The van der Waals surface area contributed by atoms with Crippen LogP contribution in [0.1, 0.15) is 5.56 Å². The van der Waals surface area contributed by atoms with Crippen LogP contribution in [0.5, 0.6) is 5.88 Å². The number of H-pyrrole nitrogens is 1. The summed E-state index contributed by atoms with van der Waals surface area (Å²) >= 11 is 0. The lowest BCUT2D eigenvalue weighted by Gasteiger charge is -2.12. The van der Waals surface area contributed by atoms with E-state index in [0.29, 0.717) is 15.7 Å². The topological polar surface area (TPSA) is 75.1 Å². The van der Waals surface area contributed by atoms with Gasteiger partial charge >= 0.3 is 5.69 Å². The number of nitrogens with zero attached hydrogens (tertiary/aromatic N) is 1. The van der Waals surface area contributed by atoms with E-state index in [1.807, 2.05) is 4.98 Å². The van der Waals surface area contributed by atoms with Crippen LogP contribution in [0.3, 0.4) is 0 Å². The summed E-state index contributed by atoms with van der Waals surface area (Å²) in [5.74, 6) is -0.756. The smallest absolute Gasteiger partial charge is 0.331 e. The molecule has 0 radical (unpaired) electrons. The first kappa shape index (κ1) is 14.0. The number of hydrogen-bond acceptors (Lipinski definition) is 3. The molecule has 106 valence electrons. The molecule has 0 aliphatic rings. The molecule has 0 amide bonds. The van der Waals surface area contributed by atoms with Crippen molar-refractivity contribution in [3.05, 3.63) is 50.7 Å². The molecule has 1 heterocycles. The number of rotatable bonds is 3. The van der Waals surface area contributed by atoms with Gasteiger partial charge in [0.1, 0.15) is 5.56 Å². The lowest BCUT2D eigenvalue weighted by atomic mass is 10.0. The summed E-state index contributed by atoms with van der Waals surface area (Å²) in [4.78, 5) is 25.3. The summed E-state index contributed by atoms with van der Waals surface area (Å²) in [6, 6.07) is 6.65. The fraction of sp³-hybridized carbons (Fsp3) is 0.231. The maximum Gasteiger partial charge on any atom is 0.331 e. The SMILES string of the molecule is Cc1ccccc1-c1c(O)n(CC(F)F)c(=O)[nH]c1=O. The van der Waals surface area contributed by atoms with Crippen molar-refractivity contribution in [1.29, 1.82) is 0 Å². The second kappa shape index (κ2) is 5.28. The molecule has 0 unspecified atom stereocenters. The van der Waals surface area contributed by atoms with Crippen molar-refractivity contribution in [3.63, 3.8) is 0 Å². The van der Waals surface area contributed by atoms with Gasteiger partial charge in [-0.25, -0.2) is 13.6 Å². The van der Waals surface area contributed by atoms with E-state index in [-0.39, 0.29) is 5.56 Å². The minimum absolute atomic E-state index is 0.191. The second-order valence-corrected chi connectivity index (χ2v) is 4.27. The number of halogens is 2. The normalized spacial score (nSPS) is 11.0. The van der Waals surface area contributed by atoms with Crippen LogP contribution in [-0.2, 0) is 6.54 Å². The molecule has 2 aromatic rings. The van der Waals surface area contributed by atoms with Crippen molar-refractivity contribution in [2.24, 2.45) is 0 Å². The van der Waals surface area contributed by atoms with Crippen LogP contribution in [0.15, 0.2) is 33.9 Å². The Morgan fingerprint density at radius 2 is 1.95 bits per heavy atom. The van der Waals surface area contributed by atoms with Gasteiger partial charge in [-0.05, 0) is 18.1 Å². The van der Waals surface area contributed by atoms with Gasteiger partial charge in [0, 0.05) is 0 Å². The Morgan fingerprint density at radius 3 is 2.55 bits per heavy atom. The molecule has 20 heavy (non-hydrogen) atoms. The highest BCUT2D eigenvalue weighted by molar-refractivity contribution is 5.70. The van der Waals surface area contributed by atoms with Crippen LogP contribution in [0, 0.1) is 6.92 Å². The molecule has 5 nitrogen and oxygen atoms in total. The lowest BCUT2D eigenvalue weighted by molar-refractivity contribution is 0.120. The maximum atomic E-state index is 12.4. The van der Waals surface area contributed by atoms with Crippen LogP contribution >= 0.6 is 0 Å². The predicted octanol–water partition coefficient (Wildman–Crippen LogP) is 1.48. The first-order valence-electron chi connectivity index (χ1n) is 5.82. The number of aryl methyl sites for hydroxylation is 1. The number of alkyl halides is 2. The zero-order valence-corrected chi connectivity index (χ0v) is 10.6. The molecule has 0 aliphatic heterocycles. The summed E-state index contributed by atoms with van der Waals surface area (Å²) in [6.45, 7) is 0.719. The number of aromatic amines is 1. The third-order valence-corrected chi connectivity index (χ3v) is 2.91. The van der Waals surface area contributed by atoms with Gasteiger partial charge in [0.05, 0.1) is 6.54 Å².